The molecule has 5 nitrogen and oxygen atoms in total. The van der Waals surface area contributed by atoms with E-state index in [2.05, 4.69) is 56.8 Å². The number of nitrogens with one attached hydrogen (secondary N) is 2. The molecule has 1 heterocycles. The second kappa shape index (κ2) is 9.46. The average molecular weight is 445 g/mol. The average Bonchev–Trinajstić information content (AvgIpc) is 3.30. The van der Waals surface area contributed by atoms with Gasteiger partial charge in [-0.15, -0.1) is 0 Å². The first kappa shape index (κ1) is 21.2. The van der Waals surface area contributed by atoms with E-state index in [0.29, 0.717) is 5.56 Å². The van der Waals surface area contributed by atoms with Crippen LogP contribution in [0.15, 0.2) is 103 Å². The number of anilines is 3. The summed E-state index contributed by atoms with van der Waals surface area (Å²) in [5, 5.41) is 11.7. The second-order valence-electron chi connectivity index (χ2n) is 8.01. The van der Waals surface area contributed by atoms with Crippen LogP contribution in [0.25, 0.3) is 23.1 Å². The smallest absolute Gasteiger partial charge is 0.255 e. The van der Waals surface area contributed by atoms with Gasteiger partial charge in [-0.3, -0.25) is 9.89 Å². The number of carbonyl (C=O) groups is 1. The van der Waals surface area contributed by atoms with E-state index in [1.54, 1.807) is 12.1 Å². The van der Waals surface area contributed by atoms with Crippen LogP contribution in [0.4, 0.5) is 17.1 Å². The third kappa shape index (κ3) is 4.59. The van der Waals surface area contributed by atoms with E-state index in [9.17, 15) is 4.79 Å². The molecule has 5 aromatic rings. The normalized spacial score (nSPS) is 11.1. The van der Waals surface area contributed by atoms with Gasteiger partial charge in [-0.2, -0.15) is 5.10 Å². The van der Waals surface area contributed by atoms with E-state index in [0.717, 1.165) is 39.2 Å². The van der Waals surface area contributed by atoms with Crippen LogP contribution in [0.1, 0.15) is 21.6 Å². The van der Waals surface area contributed by atoms with Crippen LogP contribution in [0.3, 0.4) is 0 Å². The molecule has 0 saturated heterocycles. The van der Waals surface area contributed by atoms with Crippen molar-refractivity contribution < 1.29 is 4.79 Å². The minimum absolute atomic E-state index is 0.129. The summed E-state index contributed by atoms with van der Waals surface area (Å²) in [6.45, 7) is 0. The van der Waals surface area contributed by atoms with Gasteiger partial charge >= 0.3 is 0 Å². The summed E-state index contributed by atoms with van der Waals surface area (Å²) in [5.41, 5.74) is 6.35. The van der Waals surface area contributed by atoms with Gasteiger partial charge in [-0.1, -0.05) is 60.7 Å². The monoisotopic (exact) mass is 444 g/mol. The molecule has 1 aromatic heterocycles. The Morgan fingerprint density at radius 3 is 2.35 bits per heavy atom. The molecule has 4 aromatic carbocycles. The minimum Gasteiger partial charge on any atom is -0.344 e. The lowest BCUT2D eigenvalue weighted by molar-refractivity contribution is 0.102. The fourth-order valence-corrected chi connectivity index (χ4v) is 3.84. The Morgan fingerprint density at radius 2 is 1.56 bits per heavy atom. The molecule has 34 heavy (non-hydrogen) atoms. The van der Waals surface area contributed by atoms with Crippen molar-refractivity contribution in [2.45, 2.75) is 0 Å². The van der Waals surface area contributed by atoms with Crippen LogP contribution in [-0.4, -0.2) is 23.2 Å². The van der Waals surface area contributed by atoms with Crippen molar-refractivity contribution in [1.29, 1.82) is 0 Å². The van der Waals surface area contributed by atoms with E-state index < -0.39 is 0 Å². The number of rotatable bonds is 6. The molecule has 2 N–H and O–H groups in total. The predicted molar refractivity (Wildman–Crippen MR) is 140 cm³/mol. The first-order valence-corrected chi connectivity index (χ1v) is 11.1. The van der Waals surface area contributed by atoms with Crippen LogP contribution in [-0.2, 0) is 0 Å². The van der Waals surface area contributed by atoms with E-state index in [1.165, 1.54) is 0 Å². The summed E-state index contributed by atoms with van der Waals surface area (Å²) >= 11 is 0. The van der Waals surface area contributed by atoms with Gasteiger partial charge in [0.1, 0.15) is 0 Å². The Balaban J connectivity index is 1.35. The lowest BCUT2D eigenvalue weighted by atomic mass is 10.1. The predicted octanol–water partition coefficient (Wildman–Crippen LogP) is 6.75. The number of H-pyrrole nitrogens is 1. The van der Waals surface area contributed by atoms with Crippen molar-refractivity contribution in [2.75, 3.05) is 17.3 Å². The zero-order chi connectivity index (χ0) is 23.3. The molecule has 0 aliphatic carbocycles. The van der Waals surface area contributed by atoms with E-state index in [-0.39, 0.29) is 5.91 Å². The van der Waals surface area contributed by atoms with Gasteiger partial charge in [-0.05, 0) is 60.2 Å². The highest BCUT2D eigenvalue weighted by atomic mass is 16.1. The highest BCUT2D eigenvalue weighted by Crippen LogP contribution is 2.29. The van der Waals surface area contributed by atoms with Crippen molar-refractivity contribution >= 4 is 46.0 Å². The van der Waals surface area contributed by atoms with Crippen molar-refractivity contribution in [3.8, 4) is 0 Å². The molecule has 5 rings (SSSR count). The van der Waals surface area contributed by atoms with Crippen LogP contribution in [0, 0.1) is 0 Å². The largest absolute Gasteiger partial charge is 0.344 e. The van der Waals surface area contributed by atoms with Gasteiger partial charge in [0.15, 0.2) is 0 Å². The van der Waals surface area contributed by atoms with E-state index >= 15 is 0 Å². The van der Waals surface area contributed by atoms with Crippen molar-refractivity contribution in [3.05, 3.63) is 120 Å². The molecular weight excluding hydrogens is 420 g/mol. The highest BCUT2D eigenvalue weighted by molar-refractivity contribution is 6.04. The third-order valence-electron chi connectivity index (χ3n) is 5.72. The maximum absolute atomic E-state index is 12.5. The van der Waals surface area contributed by atoms with Crippen molar-refractivity contribution in [1.82, 2.24) is 10.2 Å². The molecule has 1 amide bonds. The zero-order valence-electron chi connectivity index (χ0n) is 18.8. The number of aromatic amines is 1. The molecule has 0 fully saturated rings. The fraction of sp³-hybridized carbons (Fsp3) is 0.0345. The van der Waals surface area contributed by atoms with Crippen LogP contribution < -0.4 is 10.2 Å². The summed E-state index contributed by atoms with van der Waals surface area (Å²) in [6.07, 6.45) is 4.08. The molecule has 0 radical (unpaired) electrons. The van der Waals surface area contributed by atoms with Crippen LogP contribution in [0.5, 0.6) is 0 Å². The highest BCUT2D eigenvalue weighted by Gasteiger charge is 2.10. The summed E-state index contributed by atoms with van der Waals surface area (Å²) in [4.78, 5) is 14.6. The van der Waals surface area contributed by atoms with Gasteiger partial charge in [0.2, 0.25) is 0 Å². The summed E-state index contributed by atoms with van der Waals surface area (Å²) < 4.78 is 0. The van der Waals surface area contributed by atoms with E-state index in [4.69, 9.17) is 0 Å². The molecule has 0 aliphatic heterocycles. The Kier molecular flexibility index (Phi) is 5.91. The Hall–Kier alpha value is -4.64. The molecule has 0 unspecified atom stereocenters. The maximum Gasteiger partial charge on any atom is 0.255 e. The topological polar surface area (TPSA) is 61.0 Å². The molecule has 0 aliphatic rings. The Labute approximate surface area is 198 Å². The number of hydrogen-bond acceptors (Lipinski definition) is 3. The first-order chi connectivity index (χ1) is 16.7. The molecule has 5 heteroatoms. The number of aromatic nitrogens is 2. The number of nitrogens with zero attached hydrogens (tertiary/aromatic N) is 2. The van der Waals surface area contributed by atoms with Gasteiger partial charge < -0.3 is 10.2 Å². The Bertz CT molecular complexity index is 1460. The Morgan fingerprint density at radius 1 is 0.824 bits per heavy atom. The summed E-state index contributed by atoms with van der Waals surface area (Å²) in [6, 6.07) is 33.4. The van der Waals surface area contributed by atoms with Crippen LogP contribution in [0.2, 0.25) is 0 Å². The maximum atomic E-state index is 12.5. The van der Waals surface area contributed by atoms with Gasteiger partial charge in [0, 0.05) is 35.1 Å². The fourth-order valence-electron chi connectivity index (χ4n) is 3.84. The molecule has 0 bridgehead atoms. The molecule has 0 atom stereocenters. The number of hydrogen-bond donors (Lipinski definition) is 2. The third-order valence-corrected chi connectivity index (χ3v) is 5.72. The number of fused-ring (bicyclic) bond motifs is 1. The SMILES string of the molecule is CN(c1cccc(NC(=O)c2ccccc2)c1)c1ccc2c(/C=C/c3ccccc3)n[nH]c2c1. The molecule has 166 valence electrons. The standard InChI is InChI=1S/C29H24N4O/c1-33(24-14-8-13-23(19-24)30-29(34)22-11-6-3-7-12-22)25-16-17-26-27(31-32-28(26)20-25)18-15-21-9-4-2-5-10-21/h2-20H,1H3,(H,30,34)(H,31,32)/b18-15+. The van der Waals surface area contributed by atoms with Gasteiger partial charge in [0.25, 0.3) is 5.91 Å². The van der Waals surface area contributed by atoms with Gasteiger partial charge in [0.05, 0.1) is 11.2 Å². The second-order valence-corrected chi connectivity index (χ2v) is 8.01. The van der Waals surface area contributed by atoms with Crippen molar-refractivity contribution in [2.24, 2.45) is 0 Å². The van der Waals surface area contributed by atoms with Crippen LogP contribution >= 0.6 is 0 Å². The quantitative estimate of drug-likeness (QED) is 0.304. The minimum atomic E-state index is -0.129. The number of benzene rings is 4. The first-order valence-electron chi connectivity index (χ1n) is 11.1. The summed E-state index contributed by atoms with van der Waals surface area (Å²) in [7, 11) is 2.01. The lowest BCUT2D eigenvalue weighted by Gasteiger charge is -2.20. The van der Waals surface area contributed by atoms with E-state index in [1.807, 2.05) is 73.8 Å². The number of amides is 1. The molecular formula is C29H24N4O. The molecule has 0 saturated carbocycles. The number of carbonyl (C=O) groups excluding carboxylic acids is 1. The summed E-state index contributed by atoms with van der Waals surface area (Å²) in [5.74, 6) is -0.129. The van der Waals surface area contributed by atoms with Crippen molar-refractivity contribution in [3.63, 3.8) is 0 Å². The van der Waals surface area contributed by atoms with Gasteiger partial charge in [-0.25, -0.2) is 0 Å². The zero-order valence-corrected chi connectivity index (χ0v) is 18.8. The lowest BCUT2D eigenvalue weighted by Crippen LogP contribution is -2.13. The molecule has 0 spiro atoms.